The third-order valence-electron chi connectivity index (χ3n) is 5.94. The highest BCUT2D eigenvalue weighted by atomic mass is 19.1. The maximum atomic E-state index is 14.4. The summed E-state index contributed by atoms with van der Waals surface area (Å²) in [5.74, 6) is 0.0109. The van der Waals surface area contributed by atoms with E-state index in [1.807, 2.05) is 17.6 Å². The SMILES string of the molecule is Cc1nn2c(C3CCCN(Cc4ccccc4)C3)ccnc2c1-c1ccncc1F. The van der Waals surface area contributed by atoms with Gasteiger partial charge in [-0.25, -0.2) is 13.9 Å². The van der Waals surface area contributed by atoms with Crippen molar-refractivity contribution in [3.05, 3.63) is 83.8 Å². The molecular weight excluding hydrogens is 377 g/mol. The average Bonchev–Trinajstić information content (AvgIpc) is 3.11. The molecule has 5 rings (SSSR count). The molecule has 0 radical (unpaired) electrons. The molecule has 1 aromatic carbocycles. The third kappa shape index (κ3) is 3.48. The second kappa shape index (κ2) is 7.95. The number of halogens is 1. The maximum Gasteiger partial charge on any atom is 0.163 e. The Kier molecular flexibility index (Phi) is 5.01. The van der Waals surface area contributed by atoms with Crippen molar-refractivity contribution in [3.63, 3.8) is 0 Å². The van der Waals surface area contributed by atoms with Crippen molar-refractivity contribution in [2.45, 2.75) is 32.2 Å². The summed E-state index contributed by atoms with van der Waals surface area (Å²) in [5.41, 5.74) is 5.20. The van der Waals surface area contributed by atoms with Crippen molar-refractivity contribution in [2.24, 2.45) is 0 Å². The van der Waals surface area contributed by atoms with Crippen molar-refractivity contribution in [1.82, 2.24) is 24.5 Å². The van der Waals surface area contributed by atoms with E-state index in [1.165, 1.54) is 11.8 Å². The largest absolute Gasteiger partial charge is 0.298 e. The zero-order chi connectivity index (χ0) is 20.5. The number of hydrogen-bond donors (Lipinski definition) is 0. The van der Waals surface area contributed by atoms with Crippen LogP contribution in [0.15, 0.2) is 61.1 Å². The molecule has 0 N–H and O–H groups in total. The minimum atomic E-state index is -0.352. The fourth-order valence-electron chi connectivity index (χ4n) is 4.55. The lowest BCUT2D eigenvalue weighted by atomic mass is 9.94. The molecule has 3 aromatic heterocycles. The van der Waals surface area contributed by atoms with Crippen molar-refractivity contribution < 1.29 is 4.39 Å². The van der Waals surface area contributed by atoms with Crippen LogP contribution in [0.25, 0.3) is 16.8 Å². The topological polar surface area (TPSA) is 46.3 Å². The monoisotopic (exact) mass is 401 g/mol. The molecule has 4 heterocycles. The van der Waals surface area contributed by atoms with Gasteiger partial charge in [0, 0.05) is 37.0 Å². The highest BCUT2D eigenvalue weighted by Gasteiger charge is 2.25. The lowest BCUT2D eigenvalue weighted by Crippen LogP contribution is -2.34. The molecular formula is C24H24FN5. The minimum absolute atomic E-state index is 0.352. The van der Waals surface area contributed by atoms with E-state index in [4.69, 9.17) is 5.10 Å². The summed E-state index contributed by atoms with van der Waals surface area (Å²) >= 11 is 0. The molecule has 0 aliphatic carbocycles. The van der Waals surface area contributed by atoms with Gasteiger partial charge in [-0.2, -0.15) is 5.10 Å². The Morgan fingerprint density at radius 2 is 1.97 bits per heavy atom. The van der Waals surface area contributed by atoms with E-state index in [0.29, 0.717) is 17.1 Å². The fourth-order valence-corrected chi connectivity index (χ4v) is 4.55. The number of aromatic nitrogens is 4. The quantitative estimate of drug-likeness (QED) is 0.501. The number of pyridine rings is 1. The summed E-state index contributed by atoms with van der Waals surface area (Å²) < 4.78 is 16.4. The summed E-state index contributed by atoms with van der Waals surface area (Å²) in [7, 11) is 0. The number of piperidine rings is 1. The first-order chi connectivity index (χ1) is 14.7. The number of benzene rings is 1. The van der Waals surface area contributed by atoms with Gasteiger partial charge in [0.05, 0.1) is 23.1 Å². The number of rotatable bonds is 4. The Hall–Kier alpha value is -3.12. The lowest BCUT2D eigenvalue weighted by Gasteiger charge is -2.33. The summed E-state index contributed by atoms with van der Waals surface area (Å²) in [4.78, 5) is 10.9. The molecule has 6 heteroatoms. The van der Waals surface area contributed by atoms with E-state index in [9.17, 15) is 4.39 Å². The molecule has 30 heavy (non-hydrogen) atoms. The molecule has 1 aliphatic rings. The van der Waals surface area contributed by atoms with Gasteiger partial charge in [-0.3, -0.25) is 9.88 Å². The molecule has 1 fully saturated rings. The molecule has 0 saturated carbocycles. The number of aryl methyl sites for hydroxylation is 1. The minimum Gasteiger partial charge on any atom is -0.298 e. The smallest absolute Gasteiger partial charge is 0.163 e. The molecule has 152 valence electrons. The van der Waals surface area contributed by atoms with Crippen LogP contribution in [0.2, 0.25) is 0 Å². The molecule has 0 spiro atoms. The van der Waals surface area contributed by atoms with Crippen molar-refractivity contribution in [1.29, 1.82) is 0 Å². The van der Waals surface area contributed by atoms with Crippen molar-refractivity contribution in [2.75, 3.05) is 13.1 Å². The lowest BCUT2D eigenvalue weighted by molar-refractivity contribution is 0.197. The number of fused-ring (bicyclic) bond motifs is 1. The van der Waals surface area contributed by atoms with Crippen molar-refractivity contribution in [3.8, 4) is 11.1 Å². The number of hydrogen-bond acceptors (Lipinski definition) is 4. The molecule has 1 saturated heterocycles. The van der Waals surface area contributed by atoms with Crippen LogP contribution in [0.5, 0.6) is 0 Å². The highest BCUT2D eigenvalue weighted by molar-refractivity contribution is 5.80. The predicted octanol–water partition coefficient (Wildman–Crippen LogP) is 4.62. The molecule has 5 nitrogen and oxygen atoms in total. The van der Waals surface area contributed by atoms with E-state index in [0.717, 1.165) is 49.4 Å². The van der Waals surface area contributed by atoms with Gasteiger partial charge in [0.25, 0.3) is 0 Å². The van der Waals surface area contributed by atoms with E-state index in [2.05, 4.69) is 51.3 Å². The van der Waals surface area contributed by atoms with E-state index >= 15 is 0 Å². The first kappa shape index (κ1) is 18.9. The van der Waals surface area contributed by atoms with Gasteiger partial charge < -0.3 is 0 Å². The van der Waals surface area contributed by atoms with Crippen LogP contribution < -0.4 is 0 Å². The van der Waals surface area contributed by atoms with Gasteiger partial charge in [0.1, 0.15) is 5.82 Å². The van der Waals surface area contributed by atoms with Crippen LogP contribution in [0.1, 0.15) is 35.7 Å². The molecule has 0 bridgehead atoms. The molecule has 1 aliphatic heterocycles. The summed E-state index contributed by atoms with van der Waals surface area (Å²) in [6.07, 6.45) is 6.93. The second-order valence-electron chi connectivity index (χ2n) is 7.98. The Morgan fingerprint density at radius 3 is 2.80 bits per heavy atom. The first-order valence-corrected chi connectivity index (χ1v) is 10.4. The third-order valence-corrected chi connectivity index (χ3v) is 5.94. The molecule has 4 aromatic rings. The van der Waals surface area contributed by atoms with Gasteiger partial charge in [-0.05, 0) is 44.0 Å². The van der Waals surface area contributed by atoms with E-state index < -0.39 is 0 Å². The Morgan fingerprint density at radius 1 is 1.10 bits per heavy atom. The number of likely N-dealkylation sites (tertiary alicyclic amines) is 1. The van der Waals surface area contributed by atoms with Gasteiger partial charge in [-0.1, -0.05) is 30.3 Å². The normalized spacial score (nSPS) is 17.5. The summed E-state index contributed by atoms with van der Waals surface area (Å²) in [6, 6.07) is 14.4. The van der Waals surface area contributed by atoms with E-state index in [-0.39, 0.29) is 5.82 Å². The standard InChI is InChI=1S/C24H24FN5/c1-17-23(20-9-11-26-14-21(20)25)24-27-12-10-22(30(24)28-17)19-8-5-13-29(16-19)15-18-6-3-2-4-7-18/h2-4,6-7,9-12,14,19H,5,8,13,15-16H2,1H3. The maximum absolute atomic E-state index is 14.4. The Bertz CT molecular complexity index is 1170. The molecule has 0 amide bonds. The first-order valence-electron chi connectivity index (χ1n) is 10.4. The Labute approximate surface area is 175 Å². The van der Waals surface area contributed by atoms with Gasteiger partial charge in [-0.15, -0.1) is 0 Å². The molecule has 1 atom stereocenters. The van der Waals surface area contributed by atoms with Crippen LogP contribution in [-0.2, 0) is 6.54 Å². The summed E-state index contributed by atoms with van der Waals surface area (Å²) in [6.45, 7) is 4.95. The van der Waals surface area contributed by atoms with Crippen molar-refractivity contribution >= 4 is 5.65 Å². The highest BCUT2D eigenvalue weighted by Crippen LogP contribution is 2.33. The van der Waals surface area contributed by atoms with Crippen LogP contribution in [-0.4, -0.2) is 37.6 Å². The van der Waals surface area contributed by atoms with Crippen LogP contribution in [0.3, 0.4) is 0 Å². The zero-order valence-corrected chi connectivity index (χ0v) is 17.0. The zero-order valence-electron chi connectivity index (χ0n) is 17.0. The summed E-state index contributed by atoms with van der Waals surface area (Å²) in [5, 5.41) is 4.76. The van der Waals surface area contributed by atoms with Crippen LogP contribution in [0.4, 0.5) is 4.39 Å². The van der Waals surface area contributed by atoms with Crippen LogP contribution in [0, 0.1) is 12.7 Å². The fraction of sp³-hybridized carbons (Fsp3) is 0.292. The second-order valence-corrected chi connectivity index (χ2v) is 7.98. The average molecular weight is 401 g/mol. The number of nitrogens with zero attached hydrogens (tertiary/aromatic N) is 5. The van der Waals surface area contributed by atoms with Gasteiger partial charge in [0.15, 0.2) is 5.65 Å². The van der Waals surface area contributed by atoms with Gasteiger partial charge in [0.2, 0.25) is 0 Å². The van der Waals surface area contributed by atoms with Gasteiger partial charge >= 0.3 is 0 Å². The molecule has 1 unspecified atom stereocenters. The van der Waals surface area contributed by atoms with Crippen LogP contribution >= 0.6 is 0 Å². The van der Waals surface area contributed by atoms with E-state index in [1.54, 1.807) is 12.3 Å². The Balaban J connectivity index is 1.49. The predicted molar refractivity (Wildman–Crippen MR) is 115 cm³/mol.